The number of anilines is 1. The lowest BCUT2D eigenvalue weighted by Crippen LogP contribution is -2.50. The fraction of sp³-hybridized carbons (Fsp3) is 0.250. The maximum atomic E-state index is 12.6. The number of aryl methyl sites for hydroxylation is 1. The summed E-state index contributed by atoms with van der Waals surface area (Å²) in [5.41, 5.74) is 2.94. The van der Waals surface area contributed by atoms with Gasteiger partial charge in [0.1, 0.15) is 11.0 Å². The Hall–Kier alpha value is -2.66. The van der Waals surface area contributed by atoms with Crippen molar-refractivity contribution in [2.45, 2.75) is 13.5 Å². The zero-order valence-corrected chi connectivity index (χ0v) is 15.3. The fourth-order valence-electron chi connectivity index (χ4n) is 3.28. The van der Waals surface area contributed by atoms with Crippen LogP contribution in [-0.2, 0) is 11.3 Å². The molecule has 1 aliphatic heterocycles. The molecule has 2 heterocycles. The number of piperazine rings is 1. The highest BCUT2D eigenvalue weighted by molar-refractivity contribution is 6.34. The highest BCUT2D eigenvalue weighted by Crippen LogP contribution is 2.27. The Morgan fingerprint density at radius 2 is 1.88 bits per heavy atom. The number of hydrogen-bond donors (Lipinski definition) is 0. The predicted octanol–water partition coefficient (Wildman–Crippen LogP) is 3.44. The summed E-state index contributed by atoms with van der Waals surface area (Å²) in [5.74, 6) is 0.784. The van der Waals surface area contributed by atoms with Crippen LogP contribution in [0.5, 0.6) is 0 Å². The summed E-state index contributed by atoms with van der Waals surface area (Å²) in [5, 5.41) is 1.26. The summed E-state index contributed by atoms with van der Waals surface area (Å²) in [6.45, 7) is 4.33. The van der Waals surface area contributed by atoms with E-state index < -0.39 is 0 Å². The number of amides is 1. The molecule has 1 fully saturated rings. The van der Waals surface area contributed by atoms with Gasteiger partial charge in [0.05, 0.1) is 12.1 Å². The average Bonchev–Trinajstić information content (AvgIpc) is 2.64. The van der Waals surface area contributed by atoms with E-state index in [0.29, 0.717) is 30.6 Å². The second kappa shape index (κ2) is 6.92. The molecule has 0 spiro atoms. The van der Waals surface area contributed by atoms with E-state index in [2.05, 4.69) is 14.9 Å². The lowest BCUT2D eigenvalue weighted by Gasteiger charge is -2.35. The molecule has 1 aliphatic rings. The molecule has 0 saturated carbocycles. The number of rotatable bonds is 3. The highest BCUT2D eigenvalue weighted by Gasteiger charge is 2.24. The Bertz CT molecular complexity index is 961. The monoisotopic (exact) mass is 366 g/mol. The zero-order valence-electron chi connectivity index (χ0n) is 14.5. The standard InChI is InChI=1S/C20H19ClN4O/c1-14-22-18-8-7-16(11-17(18)20(21)23-14)24-9-10-25(19(26)13-24)12-15-5-3-2-4-6-15/h2-8,11H,9-10,12-13H2,1H3. The molecular weight excluding hydrogens is 348 g/mol. The lowest BCUT2D eigenvalue weighted by atomic mass is 10.1. The molecule has 3 aromatic rings. The summed E-state index contributed by atoms with van der Waals surface area (Å²) in [6, 6.07) is 16.0. The van der Waals surface area contributed by atoms with Gasteiger partial charge in [-0.05, 0) is 30.7 Å². The Labute approximate surface area is 157 Å². The van der Waals surface area contributed by atoms with Crippen molar-refractivity contribution >= 4 is 34.1 Å². The predicted molar refractivity (Wildman–Crippen MR) is 103 cm³/mol. The largest absolute Gasteiger partial charge is 0.360 e. The van der Waals surface area contributed by atoms with Crippen LogP contribution < -0.4 is 4.90 Å². The summed E-state index contributed by atoms with van der Waals surface area (Å²) in [7, 11) is 0. The van der Waals surface area contributed by atoms with Crippen molar-refractivity contribution in [3.05, 3.63) is 65.1 Å². The first-order valence-corrected chi connectivity index (χ1v) is 8.98. The van der Waals surface area contributed by atoms with E-state index in [9.17, 15) is 4.79 Å². The molecule has 26 heavy (non-hydrogen) atoms. The van der Waals surface area contributed by atoms with Crippen LogP contribution in [0, 0.1) is 6.92 Å². The van der Waals surface area contributed by atoms with E-state index in [-0.39, 0.29) is 5.91 Å². The van der Waals surface area contributed by atoms with E-state index in [1.54, 1.807) is 0 Å². The molecular formula is C20H19ClN4O. The van der Waals surface area contributed by atoms with Gasteiger partial charge in [0.25, 0.3) is 0 Å². The van der Waals surface area contributed by atoms with Crippen LogP contribution in [0.1, 0.15) is 11.4 Å². The second-order valence-electron chi connectivity index (χ2n) is 6.49. The molecule has 0 unspecified atom stereocenters. The first-order chi connectivity index (χ1) is 12.6. The van der Waals surface area contributed by atoms with Crippen LogP contribution in [0.4, 0.5) is 5.69 Å². The van der Waals surface area contributed by atoms with Crippen LogP contribution in [0.3, 0.4) is 0 Å². The number of carbonyl (C=O) groups is 1. The SMILES string of the molecule is Cc1nc(Cl)c2cc(N3CCN(Cc4ccccc4)C(=O)C3)ccc2n1. The van der Waals surface area contributed by atoms with E-state index in [1.165, 1.54) is 0 Å². The van der Waals surface area contributed by atoms with Gasteiger partial charge in [0, 0.05) is 30.7 Å². The third-order valence-electron chi connectivity index (χ3n) is 4.64. The van der Waals surface area contributed by atoms with Crippen LogP contribution in [0.25, 0.3) is 10.9 Å². The molecule has 5 nitrogen and oxygen atoms in total. The number of nitrogens with zero attached hydrogens (tertiary/aromatic N) is 4. The summed E-state index contributed by atoms with van der Waals surface area (Å²) < 4.78 is 0. The smallest absolute Gasteiger partial charge is 0.242 e. The number of hydrogen-bond acceptors (Lipinski definition) is 4. The van der Waals surface area contributed by atoms with Gasteiger partial charge in [-0.1, -0.05) is 41.9 Å². The zero-order chi connectivity index (χ0) is 18.1. The molecule has 0 atom stereocenters. The first kappa shape index (κ1) is 16.8. The number of halogens is 1. The van der Waals surface area contributed by atoms with E-state index in [0.717, 1.165) is 28.7 Å². The van der Waals surface area contributed by atoms with Crippen LogP contribution in [-0.4, -0.2) is 40.4 Å². The Balaban J connectivity index is 1.52. The number of aromatic nitrogens is 2. The quantitative estimate of drug-likeness (QED) is 0.666. The van der Waals surface area contributed by atoms with Crippen molar-refractivity contribution < 1.29 is 4.79 Å². The molecule has 6 heteroatoms. The van der Waals surface area contributed by atoms with Gasteiger partial charge in [-0.25, -0.2) is 9.97 Å². The van der Waals surface area contributed by atoms with Crippen molar-refractivity contribution in [3.63, 3.8) is 0 Å². The lowest BCUT2D eigenvalue weighted by molar-refractivity contribution is -0.131. The van der Waals surface area contributed by atoms with Crippen molar-refractivity contribution in [1.82, 2.24) is 14.9 Å². The van der Waals surface area contributed by atoms with Gasteiger partial charge < -0.3 is 9.80 Å². The maximum absolute atomic E-state index is 12.6. The van der Waals surface area contributed by atoms with Gasteiger partial charge in [-0.15, -0.1) is 0 Å². The molecule has 0 bridgehead atoms. The summed E-state index contributed by atoms with van der Waals surface area (Å²) >= 11 is 6.27. The number of carbonyl (C=O) groups excluding carboxylic acids is 1. The van der Waals surface area contributed by atoms with Crippen LogP contribution in [0.15, 0.2) is 48.5 Å². The average molecular weight is 367 g/mol. The highest BCUT2D eigenvalue weighted by atomic mass is 35.5. The maximum Gasteiger partial charge on any atom is 0.242 e. The van der Waals surface area contributed by atoms with Gasteiger partial charge >= 0.3 is 0 Å². The van der Waals surface area contributed by atoms with Crippen molar-refractivity contribution in [2.24, 2.45) is 0 Å². The van der Waals surface area contributed by atoms with Gasteiger partial charge in [-0.2, -0.15) is 0 Å². The Morgan fingerprint density at radius 1 is 1.08 bits per heavy atom. The van der Waals surface area contributed by atoms with E-state index >= 15 is 0 Å². The molecule has 4 rings (SSSR count). The van der Waals surface area contributed by atoms with Crippen LogP contribution in [0.2, 0.25) is 5.15 Å². The minimum atomic E-state index is 0.131. The Kier molecular flexibility index (Phi) is 4.47. The molecule has 2 aromatic carbocycles. The summed E-state index contributed by atoms with van der Waals surface area (Å²) in [6.07, 6.45) is 0. The van der Waals surface area contributed by atoms with Gasteiger partial charge in [0.15, 0.2) is 0 Å². The fourth-order valence-corrected chi connectivity index (χ4v) is 3.56. The molecule has 1 amide bonds. The molecule has 1 saturated heterocycles. The van der Waals surface area contributed by atoms with E-state index in [4.69, 9.17) is 11.6 Å². The number of fused-ring (bicyclic) bond motifs is 1. The van der Waals surface area contributed by atoms with Crippen molar-refractivity contribution in [1.29, 1.82) is 0 Å². The van der Waals surface area contributed by atoms with Gasteiger partial charge in [-0.3, -0.25) is 4.79 Å². The third-order valence-corrected chi connectivity index (χ3v) is 4.93. The van der Waals surface area contributed by atoms with Crippen LogP contribution >= 0.6 is 11.6 Å². The minimum Gasteiger partial charge on any atom is -0.360 e. The minimum absolute atomic E-state index is 0.131. The summed E-state index contributed by atoms with van der Waals surface area (Å²) in [4.78, 5) is 25.2. The molecule has 132 valence electrons. The van der Waals surface area contributed by atoms with E-state index in [1.807, 2.05) is 60.4 Å². The molecule has 0 N–H and O–H groups in total. The normalized spacial score (nSPS) is 14.9. The van der Waals surface area contributed by atoms with Gasteiger partial charge in [0.2, 0.25) is 5.91 Å². The Morgan fingerprint density at radius 3 is 2.65 bits per heavy atom. The van der Waals surface area contributed by atoms with Crippen molar-refractivity contribution in [3.8, 4) is 0 Å². The third kappa shape index (κ3) is 3.35. The number of benzene rings is 2. The van der Waals surface area contributed by atoms with Crippen molar-refractivity contribution in [2.75, 3.05) is 24.5 Å². The molecule has 0 aliphatic carbocycles. The topological polar surface area (TPSA) is 49.3 Å². The second-order valence-corrected chi connectivity index (χ2v) is 6.84. The first-order valence-electron chi connectivity index (χ1n) is 8.61. The molecule has 1 aromatic heterocycles. The molecule has 0 radical (unpaired) electrons.